The zero-order chi connectivity index (χ0) is 15.9. The third-order valence-electron chi connectivity index (χ3n) is 4.34. The van der Waals surface area contributed by atoms with Crippen molar-refractivity contribution in [3.63, 3.8) is 0 Å². The summed E-state index contributed by atoms with van der Waals surface area (Å²) in [7, 11) is 0. The standard InChI is InChI=1S/C12H16N2O7/c13-12(2-1-4-7(8(4)12)10(19)20)11(21)14-5(9(17)18)3-6(15)16/h4-5,7-8H,1-3,13H2,(H,14,21)(H,15,16)(H,17,18)(H,19,20)/t4-,5-,7-,8-,12-/m0/s1. The maximum absolute atomic E-state index is 12.2. The molecule has 21 heavy (non-hydrogen) atoms. The van der Waals surface area contributed by atoms with Crippen LogP contribution < -0.4 is 11.1 Å². The second-order valence-electron chi connectivity index (χ2n) is 5.59. The van der Waals surface area contributed by atoms with Gasteiger partial charge in [0.05, 0.1) is 17.9 Å². The van der Waals surface area contributed by atoms with E-state index in [9.17, 15) is 19.2 Å². The normalized spacial score (nSPS) is 34.6. The SMILES string of the molecule is N[C@@]1(C(=O)N[C@@H](CC(=O)O)C(=O)O)CC[C@H]2[C@H](C(=O)O)[C@H]21. The lowest BCUT2D eigenvalue weighted by molar-refractivity contribution is -0.148. The minimum atomic E-state index is -1.59. The van der Waals surface area contributed by atoms with E-state index in [1.165, 1.54) is 0 Å². The molecule has 2 rings (SSSR count). The molecule has 0 aromatic carbocycles. The van der Waals surface area contributed by atoms with Crippen molar-refractivity contribution in [3.8, 4) is 0 Å². The highest BCUT2D eigenvalue weighted by molar-refractivity contribution is 5.93. The predicted molar refractivity (Wildman–Crippen MR) is 66.1 cm³/mol. The molecule has 5 atom stereocenters. The molecule has 2 saturated carbocycles. The summed E-state index contributed by atoms with van der Waals surface area (Å²) >= 11 is 0. The molecule has 9 nitrogen and oxygen atoms in total. The Balaban J connectivity index is 2.07. The monoisotopic (exact) mass is 300 g/mol. The number of aliphatic carboxylic acids is 3. The number of hydrogen-bond acceptors (Lipinski definition) is 5. The van der Waals surface area contributed by atoms with Crippen LogP contribution in [-0.2, 0) is 19.2 Å². The second-order valence-corrected chi connectivity index (χ2v) is 5.59. The molecule has 0 saturated heterocycles. The summed E-state index contributed by atoms with van der Waals surface area (Å²) in [6.45, 7) is 0. The highest BCUT2D eigenvalue weighted by Gasteiger charge is 2.69. The van der Waals surface area contributed by atoms with E-state index in [-0.39, 0.29) is 12.3 Å². The fraction of sp³-hybridized carbons (Fsp3) is 0.667. The van der Waals surface area contributed by atoms with Crippen LogP contribution in [-0.4, -0.2) is 50.7 Å². The van der Waals surface area contributed by atoms with Gasteiger partial charge in [-0.05, 0) is 18.8 Å². The van der Waals surface area contributed by atoms with E-state index < -0.39 is 53.7 Å². The van der Waals surface area contributed by atoms with Gasteiger partial charge in [-0.1, -0.05) is 0 Å². The minimum Gasteiger partial charge on any atom is -0.481 e. The lowest BCUT2D eigenvalue weighted by atomic mass is 9.90. The van der Waals surface area contributed by atoms with Gasteiger partial charge in [-0.15, -0.1) is 0 Å². The molecule has 2 aliphatic rings. The maximum atomic E-state index is 12.2. The van der Waals surface area contributed by atoms with E-state index in [1.807, 2.05) is 0 Å². The molecule has 6 N–H and O–H groups in total. The van der Waals surface area contributed by atoms with Gasteiger partial charge in [0.1, 0.15) is 6.04 Å². The third kappa shape index (κ3) is 2.56. The molecule has 0 bridgehead atoms. The summed E-state index contributed by atoms with van der Waals surface area (Å²) in [5, 5.41) is 28.6. The van der Waals surface area contributed by atoms with Crippen LogP contribution in [0, 0.1) is 17.8 Å². The molecule has 2 aliphatic carbocycles. The Hall–Kier alpha value is -2.16. The van der Waals surface area contributed by atoms with E-state index in [1.54, 1.807) is 0 Å². The number of carboxylic acid groups (broad SMARTS) is 3. The summed E-state index contributed by atoms with van der Waals surface area (Å²) < 4.78 is 0. The molecule has 0 aromatic rings. The van der Waals surface area contributed by atoms with Gasteiger partial charge in [-0.25, -0.2) is 4.79 Å². The molecule has 116 valence electrons. The van der Waals surface area contributed by atoms with Crippen LogP contribution in [0.1, 0.15) is 19.3 Å². The molecule has 0 heterocycles. The Morgan fingerprint density at radius 2 is 1.86 bits per heavy atom. The first kappa shape index (κ1) is 15.2. The van der Waals surface area contributed by atoms with Gasteiger partial charge >= 0.3 is 17.9 Å². The average Bonchev–Trinajstić information content (AvgIpc) is 3.01. The zero-order valence-corrected chi connectivity index (χ0v) is 11.0. The van der Waals surface area contributed by atoms with Crippen LogP contribution in [0.5, 0.6) is 0 Å². The van der Waals surface area contributed by atoms with E-state index >= 15 is 0 Å². The van der Waals surface area contributed by atoms with Gasteiger partial charge in [-0.2, -0.15) is 0 Å². The van der Waals surface area contributed by atoms with E-state index in [0.29, 0.717) is 6.42 Å². The fourth-order valence-electron chi connectivity index (χ4n) is 3.28. The van der Waals surface area contributed by atoms with Crippen LogP contribution in [0.2, 0.25) is 0 Å². The lowest BCUT2D eigenvalue weighted by Gasteiger charge is -2.27. The van der Waals surface area contributed by atoms with Crippen molar-refractivity contribution in [1.82, 2.24) is 5.32 Å². The van der Waals surface area contributed by atoms with Crippen molar-refractivity contribution in [2.24, 2.45) is 23.5 Å². The lowest BCUT2D eigenvalue weighted by Crippen LogP contribution is -2.58. The number of carboxylic acids is 3. The van der Waals surface area contributed by atoms with Crippen LogP contribution in [0.15, 0.2) is 0 Å². The quantitative estimate of drug-likeness (QED) is 0.393. The first-order valence-electron chi connectivity index (χ1n) is 6.45. The number of hydrogen-bond donors (Lipinski definition) is 5. The number of amides is 1. The molecular weight excluding hydrogens is 284 g/mol. The topological polar surface area (TPSA) is 167 Å². The highest BCUT2D eigenvalue weighted by atomic mass is 16.4. The van der Waals surface area contributed by atoms with Gasteiger partial charge in [0, 0.05) is 5.92 Å². The zero-order valence-electron chi connectivity index (χ0n) is 11.0. The molecule has 1 amide bonds. The smallest absolute Gasteiger partial charge is 0.326 e. The molecular formula is C12H16N2O7. The van der Waals surface area contributed by atoms with Crippen molar-refractivity contribution in [2.45, 2.75) is 30.8 Å². The highest BCUT2D eigenvalue weighted by Crippen LogP contribution is 2.61. The largest absolute Gasteiger partial charge is 0.481 e. The molecule has 2 fully saturated rings. The number of carbonyl (C=O) groups excluding carboxylic acids is 1. The summed E-state index contributed by atoms with van der Waals surface area (Å²) in [6.07, 6.45) is -0.0206. The number of carbonyl (C=O) groups is 4. The molecule has 9 heteroatoms. The van der Waals surface area contributed by atoms with E-state index in [0.717, 1.165) is 0 Å². The van der Waals surface area contributed by atoms with Crippen molar-refractivity contribution >= 4 is 23.8 Å². The Labute approximate surface area is 119 Å². The van der Waals surface area contributed by atoms with Crippen LogP contribution in [0.3, 0.4) is 0 Å². The van der Waals surface area contributed by atoms with Crippen molar-refractivity contribution in [1.29, 1.82) is 0 Å². The average molecular weight is 300 g/mol. The fourth-order valence-corrected chi connectivity index (χ4v) is 3.28. The van der Waals surface area contributed by atoms with E-state index in [4.69, 9.17) is 21.1 Å². The van der Waals surface area contributed by atoms with Crippen molar-refractivity contribution in [3.05, 3.63) is 0 Å². The van der Waals surface area contributed by atoms with Gasteiger partial charge in [-0.3, -0.25) is 14.4 Å². The van der Waals surface area contributed by atoms with Gasteiger partial charge in [0.25, 0.3) is 0 Å². The minimum absolute atomic E-state index is 0.166. The maximum Gasteiger partial charge on any atom is 0.326 e. The van der Waals surface area contributed by atoms with Crippen molar-refractivity contribution in [2.75, 3.05) is 0 Å². The number of nitrogens with two attached hydrogens (primary N) is 1. The summed E-state index contributed by atoms with van der Waals surface area (Å²) in [5.74, 6) is -6.03. The molecule has 0 unspecified atom stereocenters. The Morgan fingerprint density at radius 3 is 2.29 bits per heavy atom. The van der Waals surface area contributed by atoms with Crippen molar-refractivity contribution < 1.29 is 34.5 Å². The van der Waals surface area contributed by atoms with Crippen LogP contribution in [0.4, 0.5) is 0 Å². The number of rotatable bonds is 6. The van der Waals surface area contributed by atoms with Crippen LogP contribution in [0.25, 0.3) is 0 Å². The molecule has 0 spiro atoms. The van der Waals surface area contributed by atoms with E-state index in [2.05, 4.69) is 5.32 Å². The second kappa shape index (κ2) is 4.99. The number of fused-ring (bicyclic) bond motifs is 1. The summed E-state index contributed by atoms with van der Waals surface area (Å²) in [5.41, 5.74) is 4.53. The van der Waals surface area contributed by atoms with Crippen LogP contribution >= 0.6 is 0 Å². The van der Waals surface area contributed by atoms with Gasteiger partial charge < -0.3 is 26.4 Å². The Bertz CT molecular complexity index is 520. The molecule has 0 aromatic heterocycles. The van der Waals surface area contributed by atoms with Gasteiger partial charge in [0.15, 0.2) is 0 Å². The molecule has 0 radical (unpaired) electrons. The Kier molecular flexibility index (Phi) is 3.62. The predicted octanol–water partition coefficient (Wildman–Crippen LogP) is -1.53. The number of nitrogens with one attached hydrogen (secondary N) is 1. The Morgan fingerprint density at radius 1 is 1.24 bits per heavy atom. The summed E-state index contributed by atoms with van der Waals surface area (Å²) in [6, 6.07) is -1.59. The molecule has 0 aliphatic heterocycles. The van der Waals surface area contributed by atoms with Gasteiger partial charge in [0.2, 0.25) is 5.91 Å². The summed E-state index contributed by atoms with van der Waals surface area (Å²) in [4.78, 5) is 44.7. The first-order chi connectivity index (χ1) is 9.68. The first-order valence-corrected chi connectivity index (χ1v) is 6.45. The third-order valence-corrected chi connectivity index (χ3v) is 4.34.